The van der Waals surface area contributed by atoms with Crippen LogP contribution in [0.1, 0.15) is 59.8 Å². The summed E-state index contributed by atoms with van der Waals surface area (Å²) >= 11 is 0. The summed E-state index contributed by atoms with van der Waals surface area (Å²) in [5.74, 6) is -0.329. The van der Waals surface area contributed by atoms with Crippen molar-refractivity contribution < 1.29 is 19.1 Å². The quantitative estimate of drug-likeness (QED) is 0.573. The fraction of sp³-hybridized carbons (Fsp3) is 0.800. The summed E-state index contributed by atoms with van der Waals surface area (Å²) < 4.78 is 5.26. The van der Waals surface area contributed by atoms with Crippen LogP contribution in [0.25, 0.3) is 0 Å². The SMILES string of the molecule is C[C@@H](CCN1C(=O)CCCC1=O)CC(=O)OC(C)(C)C. The van der Waals surface area contributed by atoms with Crippen molar-refractivity contribution in [3.8, 4) is 0 Å². The molecule has 1 aliphatic heterocycles. The third-order valence-electron chi connectivity index (χ3n) is 3.16. The second-order valence-electron chi connectivity index (χ2n) is 6.48. The zero-order chi connectivity index (χ0) is 15.3. The lowest BCUT2D eigenvalue weighted by Crippen LogP contribution is -2.41. The number of amides is 2. The summed E-state index contributed by atoms with van der Waals surface area (Å²) in [5, 5.41) is 0. The van der Waals surface area contributed by atoms with E-state index in [4.69, 9.17) is 4.74 Å². The zero-order valence-electron chi connectivity index (χ0n) is 12.9. The molecule has 0 N–H and O–H groups in total. The number of rotatable bonds is 5. The van der Waals surface area contributed by atoms with Gasteiger partial charge in [-0.25, -0.2) is 0 Å². The third-order valence-corrected chi connectivity index (χ3v) is 3.16. The Morgan fingerprint density at radius 1 is 1.25 bits per heavy atom. The average Bonchev–Trinajstić information content (AvgIpc) is 2.25. The molecule has 1 atom stereocenters. The van der Waals surface area contributed by atoms with Crippen LogP contribution in [0.4, 0.5) is 0 Å². The predicted octanol–water partition coefficient (Wildman–Crippen LogP) is 2.28. The van der Waals surface area contributed by atoms with E-state index in [0.717, 1.165) is 0 Å². The molecule has 0 aliphatic carbocycles. The molecule has 1 fully saturated rings. The molecule has 0 spiro atoms. The van der Waals surface area contributed by atoms with Crippen LogP contribution in [0.5, 0.6) is 0 Å². The molecule has 0 unspecified atom stereocenters. The molecule has 2 amide bonds. The van der Waals surface area contributed by atoms with E-state index in [1.807, 2.05) is 27.7 Å². The molecule has 0 aromatic carbocycles. The zero-order valence-corrected chi connectivity index (χ0v) is 12.9. The standard InChI is InChI=1S/C15H25NO4/c1-11(10-14(19)20-15(2,3)4)8-9-16-12(17)6-5-7-13(16)18/h11H,5-10H2,1-4H3/t11-/m0/s1. The van der Waals surface area contributed by atoms with Gasteiger partial charge in [-0.15, -0.1) is 0 Å². The Bertz CT molecular complexity index is 368. The van der Waals surface area contributed by atoms with E-state index < -0.39 is 5.60 Å². The van der Waals surface area contributed by atoms with Crippen molar-refractivity contribution in [2.24, 2.45) is 5.92 Å². The molecule has 0 aromatic rings. The first-order valence-electron chi connectivity index (χ1n) is 7.24. The van der Waals surface area contributed by atoms with E-state index >= 15 is 0 Å². The highest BCUT2D eigenvalue weighted by molar-refractivity contribution is 5.97. The van der Waals surface area contributed by atoms with E-state index in [9.17, 15) is 14.4 Å². The highest BCUT2D eigenvalue weighted by Crippen LogP contribution is 2.17. The number of imide groups is 1. The normalized spacial score (nSPS) is 18.1. The van der Waals surface area contributed by atoms with Crippen LogP contribution < -0.4 is 0 Å². The number of hydrogen-bond acceptors (Lipinski definition) is 4. The second-order valence-corrected chi connectivity index (χ2v) is 6.48. The van der Waals surface area contributed by atoms with Gasteiger partial charge in [0.25, 0.3) is 0 Å². The van der Waals surface area contributed by atoms with E-state index in [1.165, 1.54) is 4.90 Å². The largest absolute Gasteiger partial charge is 0.460 e. The Labute approximate surface area is 120 Å². The van der Waals surface area contributed by atoms with Gasteiger partial charge in [0.2, 0.25) is 11.8 Å². The fourth-order valence-corrected chi connectivity index (χ4v) is 2.17. The van der Waals surface area contributed by atoms with Crippen molar-refractivity contribution in [3.63, 3.8) is 0 Å². The van der Waals surface area contributed by atoms with Gasteiger partial charge in [-0.2, -0.15) is 0 Å². The van der Waals surface area contributed by atoms with Crippen molar-refractivity contribution in [1.82, 2.24) is 4.90 Å². The molecule has 5 heteroatoms. The molecular weight excluding hydrogens is 258 g/mol. The van der Waals surface area contributed by atoms with Crippen molar-refractivity contribution in [3.05, 3.63) is 0 Å². The van der Waals surface area contributed by atoms with E-state index in [2.05, 4.69) is 0 Å². The number of ether oxygens (including phenoxy) is 1. The molecule has 114 valence electrons. The summed E-state index contributed by atoms with van der Waals surface area (Å²) in [7, 11) is 0. The Morgan fingerprint density at radius 3 is 2.30 bits per heavy atom. The van der Waals surface area contributed by atoms with Crippen LogP contribution >= 0.6 is 0 Å². The van der Waals surface area contributed by atoms with Crippen LogP contribution in [-0.4, -0.2) is 34.8 Å². The molecule has 0 saturated carbocycles. The lowest BCUT2D eigenvalue weighted by atomic mass is 10.0. The maximum atomic E-state index is 11.7. The van der Waals surface area contributed by atoms with Gasteiger partial charge >= 0.3 is 5.97 Å². The van der Waals surface area contributed by atoms with Crippen LogP contribution in [-0.2, 0) is 19.1 Å². The van der Waals surface area contributed by atoms with Crippen molar-refractivity contribution in [2.75, 3.05) is 6.54 Å². The highest BCUT2D eigenvalue weighted by atomic mass is 16.6. The smallest absolute Gasteiger partial charge is 0.306 e. The summed E-state index contributed by atoms with van der Waals surface area (Å²) in [5.41, 5.74) is -0.477. The van der Waals surface area contributed by atoms with Gasteiger partial charge in [0, 0.05) is 25.8 Å². The van der Waals surface area contributed by atoms with Crippen molar-refractivity contribution >= 4 is 17.8 Å². The molecule has 0 radical (unpaired) electrons. The average molecular weight is 283 g/mol. The van der Waals surface area contributed by atoms with Crippen LogP contribution in [0.3, 0.4) is 0 Å². The summed E-state index contributed by atoms with van der Waals surface area (Å²) in [6.45, 7) is 7.84. The van der Waals surface area contributed by atoms with Crippen LogP contribution in [0.15, 0.2) is 0 Å². The molecule has 0 aromatic heterocycles. The molecule has 0 bridgehead atoms. The minimum absolute atomic E-state index is 0.0902. The Hall–Kier alpha value is -1.39. The van der Waals surface area contributed by atoms with Gasteiger partial charge in [-0.3, -0.25) is 19.3 Å². The minimum atomic E-state index is -0.477. The third kappa shape index (κ3) is 5.72. The van der Waals surface area contributed by atoms with Gasteiger partial charge < -0.3 is 4.74 Å². The molecule has 1 heterocycles. The van der Waals surface area contributed by atoms with E-state index in [-0.39, 0.29) is 23.7 Å². The minimum Gasteiger partial charge on any atom is -0.460 e. The molecule has 1 rings (SSSR count). The van der Waals surface area contributed by atoms with E-state index in [0.29, 0.717) is 38.6 Å². The number of hydrogen-bond donors (Lipinski definition) is 0. The summed E-state index contributed by atoms with van der Waals surface area (Å²) in [6.07, 6.45) is 2.50. The molecule has 5 nitrogen and oxygen atoms in total. The second kappa shape index (κ2) is 6.86. The fourth-order valence-electron chi connectivity index (χ4n) is 2.17. The number of piperidine rings is 1. The monoisotopic (exact) mass is 283 g/mol. The maximum Gasteiger partial charge on any atom is 0.306 e. The van der Waals surface area contributed by atoms with Gasteiger partial charge in [0.1, 0.15) is 5.60 Å². The predicted molar refractivity (Wildman–Crippen MR) is 74.8 cm³/mol. The first-order chi connectivity index (χ1) is 9.19. The van der Waals surface area contributed by atoms with E-state index in [1.54, 1.807) is 0 Å². The molecular formula is C15H25NO4. The number of carbonyl (C=O) groups excluding carboxylic acids is 3. The lowest BCUT2D eigenvalue weighted by Gasteiger charge is -2.26. The van der Waals surface area contributed by atoms with Crippen molar-refractivity contribution in [2.45, 2.75) is 65.4 Å². The maximum absolute atomic E-state index is 11.7. The number of likely N-dealkylation sites (tertiary alicyclic amines) is 1. The first-order valence-corrected chi connectivity index (χ1v) is 7.24. The molecule has 1 aliphatic rings. The van der Waals surface area contributed by atoms with Crippen LogP contribution in [0.2, 0.25) is 0 Å². The highest BCUT2D eigenvalue weighted by Gasteiger charge is 2.26. The summed E-state index contributed by atoms with van der Waals surface area (Å²) in [6, 6.07) is 0. The lowest BCUT2D eigenvalue weighted by molar-refractivity contribution is -0.155. The number of carbonyl (C=O) groups is 3. The van der Waals surface area contributed by atoms with Crippen LogP contribution in [0, 0.1) is 5.92 Å². The Balaban J connectivity index is 2.35. The topological polar surface area (TPSA) is 63.7 Å². The van der Waals surface area contributed by atoms with Gasteiger partial charge in [0.15, 0.2) is 0 Å². The Morgan fingerprint density at radius 2 is 1.80 bits per heavy atom. The molecule has 1 saturated heterocycles. The number of esters is 1. The first kappa shape index (κ1) is 16.7. The van der Waals surface area contributed by atoms with Gasteiger partial charge in [0.05, 0.1) is 0 Å². The summed E-state index contributed by atoms with van der Waals surface area (Å²) in [4.78, 5) is 36.3. The Kier molecular flexibility index (Phi) is 5.72. The molecule has 20 heavy (non-hydrogen) atoms. The van der Waals surface area contributed by atoms with Crippen molar-refractivity contribution in [1.29, 1.82) is 0 Å². The number of nitrogens with zero attached hydrogens (tertiary/aromatic N) is 1. The van der Waals surface area contributed by atoms with Gasteiger partial charge in [-0.05, 0) is 39.5 Å². The van der Waals surface area contributed by atoms with Gasteiger partial charge in [-0.1, -0.05) is 6.92 Å².